The number of aromatic nitrogens is 4. The highest BCUT2D eigenvalue weighted by molar-refractivity contribution is 5.75. The summed E-state index contributed by atoms with van der Waals surface area (Å²) in [6.07, 6.45) is 3.83. The summed E-state index contributed by atoms with van der Waals surface area (Å²) in [6, 6.07) is 8.94. The Morgan fingerprint density at radius 1 is 1.33 bits per heavy atom. The molecule has 0 spiro atoms. The molecule has 1 aliphatic rings. The SMILES string of the molecule is CN(C[C@H]1Cc2ccccc2CN1C)C(=O)CCCn1cnnn1. The maximum absolute atomic E-state index is 12.3. The highest BCUT2D eigenvalue weighted by Crippen LogP contribution is 2.22. The molecule has 1 atom stereocenters. The molecule has 0 saturated heterocycles. The summed E-state index contributed by atoms with van der Waals surface area (Å²) in [7, 11) is 4.03. The predicted molar refractivity (Wildman–Crippen MR) is 90.1 cm³/mol. The number of fused-ring (bicyclic) bond motifs is 1. The number of hydrogen-bond donors (Lipinski definition) is 0. The Hall–Kier alpha value is -2.28. The minimum absolute atomic E-state index is 0.176. The monoisotopic (exact) mass is 328 g/mol. The summed E-state index contributed by atoms with van der Waals surface area (Å²) < 4.78 is 1.65. The fraction of sp³-hybridized carbons (Fsp3) is 0.529. The van der Waals surface area contributed by atoms with Crippen LogP contribution in [0.3, 0.4) is 0 Å². The lowest BCUT2D eigenvalue weighted by atomic mass is 9.94. The van der Waals surface area contributed by atoms with Crippen molar-refractivity contribution in [3.05, 3.63) is 41.7 Å². The second kappa shape index (κ2) is 7.53. The van der Waals surface area contributed by atoms with Crippen LogP contribution in [-0.2, 0) is 24.3 Å². The van der Waals surface area contributed by atoms with Crippen LogP contribution in [0, 0.1) is 0 Å². The van der Waals surface area contributed by atoms with Gasteiger partial charge in [-0.2, -0.15) is 0 Å². The van der Waals surface area contributed by atoms with Gasteiger partial charge in [0.2, 0.25) is 5.91 Å². The van der Waals surface area contributed by atoms with Gasteiger partial charge >= 0.3 is 0 Å². The van der Waals surface area contributed by atoms with E-state index in [2.05, 4.69) is 51.7 Å². The Kier molecular flexibility index (Phi) is 5.20. The number of carbonyl (C=O) groups excluding carboxylic acids is 1. The number of benzene rings is 1. The van der Waals surface area contributed by atoms with Crippen LogP contribution in [-0.4, -0.2) is 62.6 Å². The molecule has 0 aliphatic carbocycles. The summed E-state index contributed by atoms with van der Waals surface area (Å²) in [5.41, 5.74) is 2.80. The van der Waals surface area contributed by atoms with Gasteiger partial charge in [0, 0.05) is 39.1 Å². The van der Waals surface area contributed by atoms with Gasteiger partial charge in [-0.15, -0.1) is 5.10 Å². The molecule has 0 radical (unpaired) electrons. The van der Waals surface area contributed by atoms with Crippen LogP contribution < -0.4 is 0 Å². The lowest BCUT2D eigenvalue weighted by Gasteiger charge is -2.36. The van der Waals surface area contributed by atoms with Crippen molar-refractivity contribution in [1.29, 1.82) is 0 Å². The summed E-state index contributed by atoms with van der Waals surface area (Å²) in [5.74, 6) is 0.176. The number of rotatable bonds is 6. The Bertz CT molecular complexity index is 671. The van der Waals surface area contributed by atoms with Crippen LogP contribution >= 0.6 is 0 Å². The lowest BCUT2D eigenvalue weighted by Crippen LogP contribution is -2.46. The molecule has 2 aromatic rings. The van der Waals surface area contributed by atoms with Gasteiger partial charge in [-0.3, -0.25) is 9.69 Å². The minimum Gasteiger partial charge on any atom is -0.344 e. The zero-order chi connectivity index (χ0) is 16.9. The van der Waals surface area contributed by atoms with E-state index in [1.807, 2.05) is 11.9 Å². The standard InChI is InChI=1S/C17H24N6O/c1-21-11-15-7-4-3-6-14(15)10-16(21)12-22(2)17(24)8-5-9-23-13-18-19-20-23/h3-4,6-7,13,16H,5,8-12H2,1-2H3/t16-/m1/s1. The molecule has 1 aromatic carbocycles. The van der Waals surface area contributed by atoms with Crippen molar-refractivity contribution in [2.45, 2.75) is 38.4 Å². The third-order valence-corrected chi connectivity index (χ3v) is 4.70. The van der Waals surface area contributed by atoms with Crippen molar-refractivity contribution < 1.29 is 4.79 Å². The smallest absolute Gasteiger partial charge is 0.222 e. The highest BCUT2D eigenvalue weighted by Gasteiger charge is 2.25. The second-order valence-corrected chi connectivity index (χ2v) is 6.49. The molecule has 1 aliphatic heterocycles. The van der Waals surface area contributed by atoms with Crippen molar-refractivity contribution in [3.63, 3.8) is 0 Å². The highest BCUT2D eigenvalue weighted by atomic mass is 16.2. The lowest BCUT2D eigenvalue weighted by molar-refractivity contribution is -0.130. The molecular formula is C17H24N6O. The van der Waals surface area contributed by atoms with Gasteiger partial charge in [-0.1, -0.05) is 24.3 Å². The summed E-state index contributed by atoms with van der Waals surface area (Å²) >= 11 is 0. The van der Waals surface area contributed by atoms with Gasteiger partial charge in [-0.25, -0.2) is 4.68 Å². The van der Waals surface area contributed by atoms with E-state index in [9.17, 15) is 4.79 Å². The quantitative estimate of drug-likeness (QED) is 0.790. The Morgan fingerprint density at radius 2 is 2.12 bits per heavy atom. The fourth-order valence-electron chi connectivity index (χ4n) is 3.21. The third-order valence-electron chi connectivity index (χ3n) is 4.70. The van der Waals surface area contributed by atoms with Crippen molar-refractivity contribution in [2.24, 2.45) is 0 Å². The van der Waals surface area contributed by atoms with Crippen molar-refractivity contribution in [2.75, 3.05) is 20.6 Å². The zero-order valence-electron chi connectivity index (χ0n) is 14.3. The number of aryl methyl sites for hydroxylation is 1. The van der Waals surface area contributed by atoms with Crippen LogP contribution in [0.4, 0.5) is 0 Å². The normalized spacial score (nSPS) is 17.5. The van der Waals surface area contributed by atoms with E-state index in [-0.39, 0.29) is 5.91 Å². The fourth-order valence-corrected chi connectivity index (χ4v) is 3.21. The van der Waals surface area contributed by atoms with E-state index < -0.39 is 0 Å². The molecule has 24 heavy (non-hydrogen) atoms. The van der Waals surface area contributed by atoms with E-state index in [1.54, 1.807) is 11.0 Å². The number of carbonyl (C=O) groups is 1. The topological polar surface area (TPSA) is 67.2 Å². The molecule has 2 heterocycles. The first-order valence-electron chi connectivity index (χ1n) is 8.35. The van der Waals surface area contributed by atoms with Gasteiger partial charge < -0.3 is 4.90 Å². The van der Waals surface area contributed by atoms with Crippen molar-refractivity contribution in [1.82, 2.24) is 30.0 Å². The number of likely N-dealkylation sites (N-methyl/N-ethyl adjacent to an activating group) is 2. The summed E-state index contributed by atoms with van der Waals surface area (Å²) in [5, 5.41) is 11.0. The first kappa shape index (κ1) is 16.6. The third kappa shape index (κ3) is 3.97. The first-order valence-corrected chi connectivity index (χ1v) is 8.35. The average molecular weight is 328 g/mol. The Morgan fingerprint density at radius 3 is 2.88 bits per heavy atom. The molecule has 1 aromatic heterocycles. The van der Waals surface area contributed by atoms with Crippen LogP contribution in [0.5, 0.6) is 0 Å². The second-order valence-electron chi connectivity index (χ2n) is 6.49. The molecular weight excluding hydrogens is 304 g/mol. The van der Waals surface area contributed by atoms with E-state index in [4.69, 9.17) is 0 Å². The van der Waals surface area contributed by atoms with E-state index in [0.717, 1.165) is 25.9 Å². The number of amides is 1. The summed E-state index contributed by atoms with van der Waals surface area (Å²) in [4.78, 5) is 16.5. The van der Waals surface area contributed by atoms with Crippen molar-refractivity contribution >= 4 is 5.91 Å². The molecule has 3 rings (SSSR count). The number of hydrogen-bond acceptors (Lipinski definition) is 5. The van der Waals surface area contributed by atoms with Crippen molar-refractivity contribution in [3.8, 4) is 0 Å². The average Bonchev–Trinajstić information content (AvgIpc) is 3.08. The maximum Gasteiger partial charge on any atom is 0.222 e. The van der Waals surface area contributed by atoms with E-state index >= 15 is 0 Å². The van der Waals surface area contributed by atoms with Crippen LogP contribution in [0.25, 0.3) is 0 Å². The molecule has 7 nitrogen and oxygen atoms in total. The van der Waals surface area contributed by atoms with Gasteiger partial charge in [0.05, 0.1) is 0 Å². The number of nitrogens with zero attached hydrogens (tertiary/aromatic N) is 6. The molecule has 0 saturated carbocycles. The van der Waals surface area contributed by atoms with E-state index in [0.29, 0.717) is 19.0 Å². The van der Waals surface area contributed by atoms with Crippen LogP contribution in [0.15, 0.2) is 30.6 Å². The predicted octanol–water partition coefficient (Wildman–Crippen LogP) is 0.968. The van der Waals surface area contributed by atoms with Crippen LogP contribution in [0.1, 0.15) is 24.0 Å². The molecule has 7 heteroatoms. The molecule has 128 valence electrons. The van der Waals surface area contributed by atoms with Gasteiger partial charge in [-0.05, 0) is 41.4 Å². The Balaban J connectivity index is 1.49. The Labute approximate surface area is 142 Å². The molecule has 0 N–H and O–H groups in total. The van der Waals surface area contributed by atoms with Gasteiger partial charge in [0.1, 0.15) is 6.33 Å². The summed E-state index contributed by atoms with van der Waals surface area (Å²) in [6.45, 7) is 2.38. The van der Waals surface area contributed by atoms with Gasteiger partial charge in [0.15, 0.2) is 0 Å². The molecule has 0 unspecified atom stereocenters. The zero-order valence-corrected chi connectivity index (χ0v) is 14.3. The molecule has 1 amide bonds. The maximum atomic E-state index is 12.3. The minimum atomic E-state index is 0.176. The largest absolute Gasteiger partial charge is 0.344 e. The van der Waals surface area contributed by atoms with Gasteiger partial charge in [0.25, 0.3) is 0 Å². The molecule has 0 bridgehead atoms. The molecule has 0 fully saturated rings. The van der Waals surface area contributed by atoms with E-state index in [1.165, 1.54) is 11.1 Å². The number of tetrazole rings is 1. The van der Waals surface area contributed by atoms with Crippen LogP contribution in [0.2, 0.25) is 0 Å². The first-order chi connectivity index (χ1) is 11.6.